The van der Waals surface area contributed by atoms with E-state index in [1.807, 2.05) is 59.3 Å². The fourth-order valence-corrected chi connectivity index (χ4v) is 3.83. The summed E-state index contributed by atoms with van der Waals surface area (Å²) in [4.78, 5) is 28.3. The van der Waals surface area contributed by atoms with E-state index in [9.17, 15) is 4.79 Å². The van der Waals surface area contributed by atoms with Gasteiger partial charge in [0.15, 0.2) is 0 Å². The molecule has 1 atom stereocenters. The molecule has 0 aromatic carbocycles. The lowest BCUT2D eigenvalue weighted by Crippen LogP contribution is -2.31. The Morgan fingerprint density at radius 3 is 2.41 bits per heavy atom. The molecule has 1 saturated heterocycles. The van der Waals surface area contributed by atoms with Gasteiger partial charge in [-0.05, 0) is 56.0 Å². The van der Waals surface area contributed by atoms with Gasteiger partial charge in [-0.1, -0.05) is 19.9 Å². The molecule has 2 aromatic heterocycles. The molecule has 4 rings (SSSR count). The summed E-state index contributed by atoms with van der Waals surface area (Å²) >= 11 is 0. The van der Waals surface area contributed by atoms with Crippen LogP contribution in [-0.2, 0) is 4.79 Å². The van der Waals surface area contributed by atoms with Gasteiger partial charge >= 0.3 is 0 Å². The molecule has 0 spiro atoms. The minimum absolute atomic E-state index is 0.101. The first-order chi connectivity index (χ1) is 12.8. The third-order valence-electron chi connectivity index (χ3n) is 5.82. The summed E-state index contributed by atoms with van der Waals surface area (Å²) in [5.74, 6) is 1.69. The van der Waals surface area contributed by atoms with E-state index in [0.29, 0.717) is 5.82 Å². The lowest BCUT2D eigenvalue weighted by molar-refractivity contribution is -0.125. The average Bonchev–Trinajstić information content (AvgIpc) is 2.84. The number of carbonyl (C=O) groups is 1. The minimum atomic E-state index is -0.460. The Labute approximate surface area is 159 Å². The van der Waals surface area contributed by atoms with Crippen LogP contribution in [0.1, 0.15) is 42.8 Å². The highest BCUT2D eigenvalue weighted by molar-refractivity contribution is 6.04. The van der Waals surface area contributed by atoms with E-state index in [2.05, 4.69) is 27.1 Å². The monoisotopic (exact) mass is 360 g/mol. The summed E-state index contributed by atoms with van der Waals surface area (Å²) in [6.45, 7) is 10.0. The van der Waals surface area contributed by atoms with Crippen LogP contribution in [0.25, 0.3) is 5.57 Å². The average molecular weight is 360 g/mol. The van der Waals surface area contributed by atoms with Crippen LogP contribution in [0, 0.1) is 32.1 Å². The summed E-state index contributed by atoms with van der Waals surface area (Å²) in [7, 11) is 0. The minimum Gasteiger partial charge on any atom is -0.273 e. The van der Waals surface area contributed by atoms with E-state index >= 15 is 0 Å². The predicted molar refractivity (Wildman–Crippen MR) is 106 cm³/mol. The van der Waals surface area contributed by atoms with Crippen molar-refractivity contribution in [1.82, 2.24) is 15.0 Å². The zero-order valence-electron chi connectivity index (χ0n) is 16.4. The van der Waals surface area contributed by atoms with Crippen molar-refractivity contribution in [2.75, 3.05) is 4.90 Å². The fourth-order valence-electron chi connectivity index (χ4n) is 3.83. The van der Waals surface area contributed by atoms with E-state index < -0.39 is 5.41 Å². The zero-order chi connectivity index (χ0) is 19.3. The van der Waals surface area contributed by atoms with Gasteiger partial charge in [0.2, 0.25) is 5.91 Å². The number of rotatable bonds is 2. The molecule has 3 heterocycles. The molecule has 0 N–H and O–H groups in total. The lowest BCUT2D eigenvalue weighted by Gasteiger charge is -2.26. The second-order valence-corrected chi connectivity index (χ2v) is 8.02. The number of aromatic nitrogens is 3. The Bertz CT molecular complexity index is 986. The summed E-state index contributed by atoms with van der Waals surface area (Å²) in [6, 6.07) is 2.00. The van der Waals surface area contributed by atoms with E-state index in [4.69, 9.17) is 0 Å². The van der Waals surface area contributed by atoms with Crippen molar-refractivity contribution in [3.05, 3.63) is 65.0 Å². The van der Waals surface area contributed by atoms with Crippen molar-refractivity contribution in [3.8, 4) is 0 Å². The molecule has 1 amide bonds. The number of nitrogens with zero attached hydrogens (tertiary/aromatic N) is 4. The first kappa shape index (κ1) is 17.6. The molecule has 1 fully saturated rings. The van der Waals surface area contributed by atoms with Crippen LogP contribution in [0.15, 0.2) is 42.5 Å². The van der Waals surface area contributed by atoms with Crippen LogP contribution in [0.4, 0.5) is 5.82 Å². The van der Waals surface area contributed by atoms with Gasteiger partial charge in [-0.25, -0.2) is 15.0 Å². The van der Waals surface area contributed by atoms with Crippen LogP contribution < -0.4 is 4.90 Å². The van der Waals surface area contributed by atoms with Gasteiger partial charge in [-0.2, -0.15) is 0 Å². The molecule has 138 valence electrons. The molecule has 0 bridgehead atoms. The number of allylic oxidation sites excluding steroid dienone is 4. The summed E-state index contributed by atoms with van der Waals surface area (Å²) in [6.07, 6.45) is 10.6. The smallest absolute Gasteiger partial charge is 0.238 e. The number of amides is 1. The van der Waals surface area contributed by atoms with Crippen molar-refractivity contribution < 1.29 is 4.79 Å². The number of aryl methyl sites for hydroxylation is 3. The molecule has 5 heteroatoms. The Kier molecular flexibility index (Phi) is 3.98. The van der Waals surface area contributed by atoms with Crippen molar-refractivity contribution in [1.29, 1.82) is 0 Å². The SMILES string of the molecule is Cc1ncc(C2=CCC3C(=C2)N(c2cc(C)c(C)cn2)C(=O)C3(C)C)cn1. The maximum absolute atomic E-state index is 13.3. The maximum Gasteiger partial charge on any atom is 0.238 e. The largest absolute Gasteiger partial charge is 0.273 e. The molecule has 5 nitrogen and oxygen atoms in total. The van der Waals surface area contributed by atoms with Gasteiger partial charge < -0.3 is 0 Å². The molecular formula is C22H24N4O. The second-order valence-electron chi connectivity index (χ2n) is 8.02. The molecule has 2 aromatic rings. The van der Waals surface area contributed by atoms with Gasteiger partial charge in [0, 0.05) is 35.8 Å². The molecule has 0 saturated carbocycles. The van der Waals surface area contributed by atoms with E-state index in [-0.39, 0.29) is 11.8 Å². The second kappa shape index (κ2) is 6.12. The maximum atomic E-state index is 13.3. The predicted octanol–water partition coefficient (Wildman–Crippen LogP) is 4.16. The first-order valence-corrected chi connectivity index (χ1v) is 9.27. The van der Waals surface area contributed by atoms with Crippen LogP contribution in [0.2, 0.25) is 0 Å². The number of hydrogen-bond donors (Lipinski definition) is 0. The highest BCUT2D eigenvalue weighted by atomic mass is 16.2. The van der Waals surface area contributed by atoms with Crippen LogP contribution in [0.3, 0.4) is 0 Å². The normalized spacial score (nSPS) is 21.0. The first-order valence-electron chi connectivity index (χ1n) is 9.27. The molecule has 27 heavy (non-hydrogen) atoms. The third-order valence-corrected chi connectivity index (χ3v) is 5.82. The Hall–Kier alpha value is -2.82. The summed E-state index contributed by atoms with van der Waals surface area (Å²) in [5.41, 5.74) is 4.83. The van der Waals surface area contributed by atoms with E-state index in [0.717, 1.165) is 40.2 Å². The van der Waals surface area contributed by atoms with E-state index in [1.165, 1.54) is 0 Å². The van der Waals surface area contributed by atoms with Crippen LogP contribution >= 0.6 is 0 Å². The molecule has 1 aliphatic heterocycles. The summed E-state index contributed by atoms with van der Waals surface area (Å²) < 4.78 is 0. The lowest BCUT2D eigenvalue weighted by atomic mass is 9.75. The van der Waals surface area contributed by atoms with Gasteiger partial charge in [-0.15, -0.1) is 0 Å². The zero-order valence-corrected chi connectivity index (χ0v) is 16.4. The van der Waals surface area contributed by atoms with Crippen molar-refractivity contribution >= 4 is 17.3 Å². The van der Waals surface area contributed by atoms with Crippen molar-refractivity contribution in [2.24, 2.45) is 11.3 Å². The number of fused-ring (bicyclic) bond motifs is 1. The number of pyridine rings is 1. The summed E-state index contributed by atoms with van der Waals surface area (Å²) in [5, 5.41) is 0. The highest BCUT2D eigenvalue weighted by Gasteiger charge is 2.51. The molecule has 1 unspecified atom stereocenters. The number of hydrogen-bond acceptors (Lipinski definition) is 4. The van der Waals surface area contributed by atoms with Crippen LogP contribution in [0.5, 0.6) is 0 Å². The van der Waals surface area contributed by atoms with Gasteiger partial charge in [0.05, 0.1) is 5.41 Å². The Balaban J connectivity index is 1.81. The third kappa shape index (κ3) is 2.78. The Morgan fingerprint density at radius 1 is 1.04 bits per heavy atom. The fraction of sp³-hybridized carbons (Fsp3) is 0.364. The van der Waals surface area contributed by atoms with Crippen LogP contribution in [-0.4, -0.2) is 20.9 Å². The number of carbonyl (C=O) groups excluding carboxylic acids is 1. The quantitative estimate of drug-likeness (QED) is 0.807. The standard InChI is InChI=1S/C22H24N4O/c1-13-8-20(25-10-14(13)2)26-19-9-16(17-11-23-15(3)24-12-17)6-7-18(19)22(4,5)21(26)27/h6,8-12,18H,7H2,1-5H3. The molecule has 1 aliphatic carbocycles. The number of anilines is 1. The van der Waals surface area contributed by atoms with Gasteiger partial charge in [-0.3, -0.25) is 9.69 Å². The highest BCUT2D eigenvalue weighted by Crippen LogP contribution is 2.50. The molecule has 0 radical (unpaired) electrons. The van der Waals surface area contributed by atoms with Gasteiger partial charge in [0.1, 0.15) is 11.6 Å². The van der Waals surface area contributed by atoms with Crippen molar-refractivity contribution in [2.45, 2.75) is 41.0 Å². The van der Waals surface area contributed by atoms with Gasteiger partial charge in [0.25, 0.3) is 0 Å². The van der Waals surface area contributed by atoms with Crippen molar-refractivity contribution in [3.63, 3.8) is 0 Å². The van der Waals surface area contributed by atoms with E-state index in [1.54, 1.807) is 4.90 Å². The topological polar surface area (TPSA) is 59.0 Å². The Morgan fingerprint density at radius 2 is 1.74 bits per heavy atom. The molecule has 2 aliphatic rings. The molecular weight excluding hydrogens is 336 g/mol.